The molecule has 4 rings (SSSR count). The van der Waals surface area contributed by atoms with Crippen LogP contribution in [0.25, 0.3) is 0 Å². The number of likely N-dealkylation sites (tertiary alicyclic amines) is 1. The summed E-state index contributed by atoms with van der Waals surface area (Å²) in [5, 5.41) is 12.5. The Morgan fingerprint density at radius 1 is 1.14 bits per heavy atom. The SMILES string of the molecule is CC(=O)N1CCC(c2nnc3n2C(C(=O)NCCc2ccc(Cl)cc2)CC3)CC1. The predicted octanol–water partition coefficient (Wildman–Crippen LogP) is 2.50. The average molecular weight is 416 g/mol. The Kier molecular flexibility index (Phi) is 5.85. The largest absolute Gasteiger partial charge is 0.354 e. The van der Waals surface area contributed by atoms with Gasteiger partial charge in [-0.1, -0.05) is 23.7 Å². The van der Waals surface area contributed by atoms with Gasteiger partial charge in [0, 0.05) is 43.9 Å². The van der Waals surface area contributed by atoms with Gasteiger partial charge in [0.1, 0.15) is 17.7 Å². The highest BCUT2D eigenvalue weighted by Gasteiger charge is 2.35. The van der Waals surface area contributed by atoms with E-state index in [9.17, 15) is 9.59 Å². The summed E-state index contributed by atoms with van der Waals surface area (Å²) in [6.45, 7) is 3.67. The number of nitrogens with one attached hydrogen (secondary N) is 1. The van der Waals surface area contributed by atoms with Gasteiger partial charge in [-0.3, -0.25) is 9.59 Å². The highest BCUT2D eigenvalue weighted by atomic mass is 35.5. The number of benzene rings is 1. The molecule has 7 nitrogen and oxygen atoms in total. The highest BCUT2D eigenvalue weighted by Crippen LogP contribution is 2.34. The minimum absolute atomic E-state index is 0.0277. The molecule has 0 saturated carbocycles. The lowest BCUT2D eigenvalue weighted by Crippen LogP contribution is -2.38. The molecular weight excluding hydrogens is 390 g/mol. The van der Waals surface area contributed by atoms with E-state index in [0.717, 1.165) is 62.4 Å². The van der Waals surface area contributed by atoms with Crippen molar-refractivity contribution in [3.63, 3.8) is 0 Å². The van der Waals surface area contributed by atoms with Crippen LogP contribution in [0.15, 0.2) is 24.3 Å². The number of nitrogens with zero attached hydrogens (tertiary/aromatic N) is 4. The van der Waals surface area contributed by atoms with Crippen molar-refractivity contribution in [2.45, 2.75) is 51.0 Å². The van der Waals surface area contributed by atoms with E-state index in [-0.39, 0.29) is 23.8 Å². The molecule has 1 saturated heterocycles. The Hall–Kier alpha value is -2.41. The molecule has 1 atom stereocenters. The Morgan fingerprint density at radius 3 is 2.55 bits per heavy atom. The number of carbonyl (C=O) groups excluding carboxylic acids is 2. The van der Waals surface area contributed by atoms with Crippen molar-refractivity contribution >= 4 is 23.4 Å². The van der Waals surface area contributed by atoms with Crippen LogP contribution in [0.1, 0.15) is 55.4 Å². The van der Waals surface area contributed by atoms with Crippen molar-refractivity contribution in [3.05, 3.63) is 46.5 Å². The predicted molar refractivity (Wildman–Crippen MR) is 110 cm³/mol. The second kappa shape index (κ2) is 8.53. The first-order valence-corrected chi connectivity index (χ1v) is 10.6. The summed E-state index contributed by atoms with van der Waals surface area (Å²) in [6, 6.07) is 7.44. The monoisotopic (exact) mass is 415 g/mol. The van der Waals surface area contributed by atoms with Gasteiger partial charge in [-0.25, -0.2) is 0 Å². The number of aromatic nitrogens is 3. The van der Waals surface area contributed by atoms with Gasteiger partial charge in [-0.2, -0.15) is 0 Å². The van der Waals surface area contributed by atoms with Crippen LogP contribution in [0.3, 0.4) is 0 Å². The second-order valence-corrected chi connectivity index (χ2v) is 8.28. The topological polar surface area (TPSA) is 80.1 Å². The third-order valence-electron chi connectivity index (χ3n) is 5.98. The van der Waals surface area contributed by atoms with Crippen LogP contribution in [0, 0.1) is 0 Å². The number of amides is 2. The van der Waals surface area contributed by atoms with E-state index in [2.05, 4.69) is 15.5 Å². The molecule has 2 amide bonds. The minimum Gasteiger partial charge on any atom is -0.354 e. The molecule has 1 fully saturated rings. The molecule has 2 aliphatic heterocycles. The lowest BCUT2D eigenvalue weighted by atomic mass is 9.95. The summed E-state index contributed by atoms with van der Waals surface area (Å²) in [6.07, 6.45) is 4.03. The fourth-order valence-electron chi connectivity index (χ4n) is 4.32. The molecule has 0 aliphatic carbocycles. The Bertz CT molecular complexity index is 887. The summed E-state index contributed by atoms with van der Waals surface area (Å²) in [5.41, 5.74) is 1.14. The number of fused-ring (bicyclic) bond motifs is 1. The smallest absolute Gasteiger partial charge is 0.243 e. The summed E-state index contributed by atoms with van der Waals surface area (Å²) >= 11 is 5.92. The third kappa shape index (κ3) is 4.29. The molecule has 154 valence electrons. The molecule has 0 radical (unpaired) electrons. The summed E-state index contributed by atoms with van der Waals surface area (Å²) in [4.78, 5) is 26.3. The Balaban J connectivity index is 1.38. The number of rotatable bonds is 5. The lowest BCUT2D eigenvalue weighted by Gasteiger charge is -2.31. The van der Waals surface area contributed by atoms with Crippen molar-refractivity contribution in [1.82, 2.24) is 25.0 Å². The molecule has 1 unspecified atom stereocenters. The van der Waals surface area contributed by atoms with E-state index in [1.807, 2.05) is 33.7 Å². The van der Waals surface area contributed by atoms with E-state index in [4.69, 9.17) is 11.6 Å². The second-order valence-electron chi connectivity index (χ2n) is 7.85. The number of hydrogen-bond donors (Lipinski definition) is 1. The van der Waals surface area contributed by atoms with Gasteiger partial charge in [-0.15, -0.1) is 10.2 Å². The van der Waals surface area contributed by atoms with E-state index in [0.29, 0.717) is 11.6 Å². The van der Waals surface area contributed by atoms with Crippen molar-refractivity contribution in [2.24, 2.45) is 0 Å². The number of halogens is 1. The molecule has 0 bridgehead atoms. The van der Waals surface area contributed by atoms with Crippen LogP contribution in [0.2, 0.25) is 5.02 Å². The molecule has 0 spiro atoms. The van der Waals surface area contributed by atoms with Gasteiger partial charge in [-0.05, 0) is 43.4 Å². The molecule has 8 heteroatoms. The van der Waals surface area contributed by atoms with Gasteiger partial charge in [0.05, 0.1) is 0 Å². The Labute approximate surface area is 175 Å². The third-order valence-corrected chi connectivity index (χ3v) is 6.23. The van der Waals surface area contributed by atoms with E-state index < -0.39 is 0 Å². The van der Waals surface area contributed by atoms with Crippen LogP contribution < -0.4 is 5.32 Å². The maximum absolute atomic E-state index is 12.9. The number of piperidine rings is 1. The zero-order valence-electron chi connectivity index (χ0n) is 16.6. The first kappa shape index (κ1) is 19.9. The summed E-state index contributed by atoms with van der Waals surface area (Å²) in [5.74, 6) is 2.19. The van der Waals surface area contributed by atoms with E-state index in [1.54, 1.807) is 6.92 Å². The fraction of sp³-hybridized carbons (Fsp3) is 0.524. The van der Waals surface area contributed by atoms with Crippen molar-refractivity contribution in [3.8, 4) is 0 Å². The fourth-order valence-corrected chi connectivity index (χ4v) is 4.45. The zero-order valence-corrected chi connectivity index (χ0v) is 17.4. The average Bonchev–Trinajstić information content (AvgIpc) is 3.32. The van der Waals surface area contributed by atoms with Crippen LogP contribution in [-0.4, -0.2) is 51.1 Å². The quantitative estimate of drug-likeness (QED) is 0.813. The van der Waals surface area contributed by atoms with E-state index >= 15 is 0 Å². The van der Waals surface area contributed by atoms with Crippen molar-refractivity contribution in [1.29, 1.82) is 0 Å². The maximum Gasteiger partial charge on any atom is 0.243 e. The zero-order chi connectivity index (χ0) is 20.4. The van der Waals surface area contributed by atoms with E-state index in [1.165, 1.54) is 0 Å². The standard InChI is InChI=1S/C21H26ClN5O2/c1-14(28)26-12-9-16(10-13-26)20-25-24-19-7-6-18(27(19)20)21(29)23-11-8-15-2-4-17(22)5-3-15/h2-5,16,18H,6-13H2,1H3,(H,23,29). The van der Waals surface area contributed by atoms with Crippen LogP contribution >= 0.6 is 11.6 Å². The van der Waals surface area contributed by atoms with Gasteiger partial charge in [0.25, 0.3) is 0 Å². The molecule has 29 heavy (non-hydrogen) atoms. The first-order valence-electron chi connectivity index (χ1n) is 10.2. The minimum atomic E-state index is -0.244. The number of aryl methyl sites for hydroxylation is 1. The van der Waals surface area contributed by atoms with Gasteiger partial charge in [0.2, 0.25) is 11.8 Å². The molecule has 2 aromatic rings. The maximum atomic E-state index is 12.9. The number of hydrogen-bond acceptors (Lipinski definition) is 4. The van der Waals surface area contributed by atoms with Gasteiger partial charge < -0.3 is 14.8 Å². The van der Waals surface area contributed by atoms with Gasteiger partial charge >= 0.3 is 0 Å². The molecule has 3 heterocycles. The number of carbonyl (C=O) groups is 2. The summed E-state index contributed by atoms with van der Waals surface area (Å²) in [7, 11) is 0. The molecule has 1 aromatic carbocycles. The van der Waals surface area contributed by atoms with Gasteiger partial charge in [0.15, 0.2) is 0 Å². The summed E-state index contributed by atoms with van der Waals surface area (Å²) < 4.78 is 2.05. The molecule has 1 N–H and O–H groups in total. The molecular formula is C21H26ClN5O2. The molecule has 2 aliphatic rings. The molecule has 1 aromatic heterocycles. The van der Waals surface area contributed by atoms with Crippen LogP contribution in [0.4, 0.5) is 0 Å². The normalized spacial score (nSPS) is 19.2. The first-order chi connectivity index (χ1) is 14.0. The van der Waals surface area contributed by atoms with Crippen LogP contribution in [-0.2, 0) is 22.4 Å². The Morgan fingerprint density at radius 2 is 1.86 bits per heavy atom. The lowest BCUT2D eigenvalue weighted by molar-refractivity contribution is -0.129. The highest BCUT2D eigenvalue weighted by molar-refractivity contribution is 6.30. The van der Waals surface area contributed by atoms with Crippen molar-refractivity contribution in [2.75, 3.05) is 19.6 Å². The van der Waals surface area contributed by atoms with Crippen LogP contribution in [0.5, 0.6) is 0 Å². The van der Waals surface area contributed by atoms with Crippen molar-refractivity contribution < 1.29 is 9.59 Å².